The van der Waals surface area contributed by atoms with Crippen molar-refractivity contribution in [1.82, 2.24) is 0 Å². The quantitative estimate of drug-likeness (QED) is 0.287. The van der Waals surface area contributed by atoms with E-state index in [9.17, 15) is 19.5 Å². The number of nitrogens with zero attached hydrogens (tertiary/aromatic N) is 1. The van der Waals surface area contributed by atoms with Crippen LogP contribution in [0, 0.1) is 5.92 Å². The molecule has 1 aliphatic carbocycles. The van der Waals surface area contributed by atoms with Crippen LogP contribution in [0.3, 0.4) is 0 Å². The number of allylic oxidation sites excluding steroid dienone is 1. The Morgan fingerprint density at radius 2 is 2.00 bits per heavy atom. The summed E-state index contributed by atoms with van der Waals surface area (Å²) in [6.07, 6.45) is 1.26. The highest BCUT2D eigenvalue weighted by Gasteiger charge is 2.60. The van der Waals surface area contributed by atoms with Crippen LogP contribution in [0.1, 0.15) is 47.9 Å². The van der Waals surface area contributed by atoms with E-state index >= 15 is 0 Å². The number of Topliss-reactive ketones (excluding diaryl/α,β-unsaturated/α-hetero) is 1. The number of methoxy groups -OCH3 is 2. The maximum absolute atomic E-state index is 13.5. The minimum atomic E-state index is -1.63. The van der Waals surface area contributed by atoms with E-state index in [-0.39, 0.29) is 51.4 Å². The van der Waals surface area contributed by atoms with E-state index in [4.69, 9.17) is 36.4 Å². The van der Waals surface area contributed by atoms with Crippen LogP contribution in [-0.2, 0) is 14.4 Å². The van der Waals surface area contributed by atoms with Crippen molar-refractivity contribution in [3.63, 3.8) is 0 Å². The summed E-state index contributed by atoms with van der Waals surface area (Å²) in [5.74, 6) is -2.72. The molecule has 2 aliphatic rings. The van der Waals surface area contributed by atoms with Crippen LogP contribution < -0.4 is 15.2 Å². The molecule has 1 aromatic carbocycles. The number of rotatable bonds is 5. The summed E-state index contributed by atoms with van der Waals surface area (Å²) in [7, 11) is 2.63. The number of hydrogen-bond donors (Lipinski definition) is 2. The molecule has 1 aromatic rings. The van der Waals surface area contributed by atoms with Crippen LogP contribution in [0.25, 0.3) is 0 Å². The first-order valence-corrected chi connectivity index (χ1v) is 9.97. The third kappa shape index (κ3) is 3.59. The highest BCUT2D eigenvalue weighted by atomic mass is 35.5. The molecule has 0 amide bonds. The van der Waals surface area contributed by atoms with Crippen LogP contribution in [0.15, 0.2) is 23.1 Å². The van der Waals surface area contributed by atoms with Gasteiger partial charge in [-0.05, 0) is 19.9 Å². The Bertz CT molecular complexity index is 1070. The summed E-state index contributed by atoms with van der Waals surface area (Å²) in [5.41, 5.74) is 2.24. The van der Waals surface area contributed by atoms with Gasteiger partial charge in [0, 0.05) is 18.4 Å². The van der Waals surface area contributed by atoms with E-state index in [1.165, 1.54) is 40.2 Å². The van der Waals surface area contributed by atoms with Crippen molar-refractivity contribution in [2.45, 2.75) is 38.4 Å². The summed E-state index contributed by atoms with van der Waals surface area (Å²) in [6, 6.07) is 1.22. The normalized spacial score (nSPS) is 22.9. The number of carbonyl (C=O) groups excluding carboxylic acids is 3. The van der Waals surface area contributed by atoms with Gasteiger partial charge in [0.25, 0.3) is 0 Å². The lowest BCUT2D eigenvalue weighted by Gasteiger charge is -2.36. The molecular formula is C21H23ClN2O8. The summed E-state index contributed by atoms with van der Waals surface area (Å²) >= 11 is 6.43. The lowest BCUT2D eigenvalue weighted by molar-refractivity contribution is -0.118. The van der Waals surface area contributed by atoms with Crippen LogP contribution in [-0.4, -0.2) is 53.9 Å². The van der Waals surface area contributed by atoms with Gasteiger partial charge in [0.2, 0.25) is 11.4 Å². The van der Waals surface area contributed by atoms with E-state index in [0.717, 1.165) is 0 Å². The first-order valence-electron chi connectivity index (χ1n) is 9.59. The zero-order valence-corrected chi connectivity index (χ0v) is 18.9. The Balaban J connectivity index is 2.10. The van der Waals surface area contributed by atoms with Crippen LogP contribution >= 0.6 is 11.6 Å². The highest BCUT2D eigenvalue weighted by molar-refractivity contribution is 6.36. The van der Waals surface area contributed by atoms with E-state index in [1.807, 2.05) is 0 Å². The molecule has 1 aliphatic heterocycles. The number of halogens is 1. The Morgan fingerprint density at radius 1 is 1.34 bits per heavy atom. The molecule has 1 spiro atoms. The summed E-state index contributed by atoms with van der Waals surface area (Å²) in [6.45, 7) is 4.40. The molecule has 172 valence electrons. The van der Waals surface area contributed by atoms with E-state index in [2.05, 4.69) is 5.16 Å². The van der Waals surface area contributed by atoms with Gasteiger partial charge in [-0.2, -0.15) is 0 Å². The molecule has 0 unspecified atom stereocenters. The average Bonchev–Trinajstić information content (AvgIpc) is 3.03. The number of aliphatic hydroxyl groups is 1. The number of nitrogens with two attached hydrogens (primary N) is 1. The third-order valence-corrected chi connectivity index (χ3v) is 5.76. The van der Waals surface area contributed by atoms with Crippen LogP contribution in [0.5, 0.6) is 11.5 Å². The molecule has 0 fully saturated rings. The third-order valence-electron chi connectivity index (χ3n) is 5.39. The van der Waals surface area contributed by atoms with Crippen LogP contribution in [0.2, 0.25) is 5.02 Å². The molecular weight excluding hydrogens is 444 g/mol. The van der Waals surface area contributed by atoms with Gasteiger partial charge in [-0.3, -0.25) is 9.59 Å². The van der Waals surface area contributed by atoms with Gasteiger partial charge >= 0.3 is 5.97 Å². The van der Waals surface area contributed by atoms with Gasteiger partial charge in [-0.25, -0.2) is 4.79 Å². The lowest BCUT2D eigenvalue weighted by Crippen LogP contribution is -2.51. The molecule has 10 nitrogen and oxygen atoms in total. The number of fused-ring (bicyclic) bond motifs is 1. The molecule has 0 saturated carbocycles. The van der Waals surface area contributed by atoms with Gasteiger partial charge in [0.15, 0.2) is 23.1 Å². The zero-order valence-electron chi connectivity index (χ0n) is 18.1. The molecule has 3 N–H and O–H groups in total. The second-order valence-corrected chi connectivity index (χ2v) is 8.39. The van der Waals surface area contributed by atoms with Crippen molar-refractivity contribution < 1.29 is 38.5 Å². The fraction of sp³-hybridized carbons (Fsp3) is 0.429. The fourth-order valence-corrected chi connectivity index (χ4v) is 3.84. The first kappa shape index (κ1) is 23.6. The Hall–Kier alpha value is -3.11. The lowest BCUT2D eigenvalue weighted by atomic mass is 9.75. The standard InChI is InChI=1S/C21H23ClN2O8/c1-9-6-10(25)7-13(30-5)21(9)17(26)14-12(29-4)8-11(15(22)16(14)31-21)18(27)32-24-19(23)20(2,3)28/h7-9,28H,6H2,1-5H3,(H2,23,24)/t9-,21+/m1/s1. The Kier molecular flexibility index (Phi) is 5.96. The van der Waals surface area contributed by atoms with E-state index in [1.54, 1.807) is 6.92 Å². The molecule has 3 rings (SSSR count). The number of amidine groups is 1. The largest absolute Gasteiger partial charge is 0.496 e. The molecule has 11 heteroatoms. The molecule has 2 atom stereocenters. The average molecular weight is 467 g/mol. The molecule has 0 bridgehead atoms. The van der Waals surface area contributed by atoms with Crippen molar-refractivity contribution in [1.29, 1.82) is 0 Å². The number of benzene rings is 1. The van der Waals surface area contributed by atoms with Gasteiger partial charge in [-0.15, -0.1) is 0 Å². The summed E-state index contributed by atoms with van der Waals surface area (Å²) in [4.78, 5) is 43.0. The zero-order chi connectivity index (χ0) is 24.0. The molecule has 32 heavy (non-hydrogen) atoms. The predicted octanol–water partition coefficient (Wildman–Crippen LogP) is 2.00. The minimum absolute atomic E-state index is 0.0113. The molecule has 0 saturated heterocycles. The second-order valence-electron chi connectivity index (χ2n) is 8.01. The monoisotopic (exact) mass is 466 g/mol. The van der Waals surface area contributed by atoms with Crippen molar-refractivity contribution >= 4 is 35.0 Å². The van der Waals surface area contributed by atoms with Gasteiger partial charge in [0.05, 0.1) is 24.8 Å². The van der Waals surface area contributed by atoms with Crippen molar-refractivity contribution in [3.05, 3.63) is 34.1 Å². The van der Waals surface area contributed by atoms with Gasteiger partial charge in [-0.1, -0.05) is 23.7 Å². The molecule has 1 heterocycles. The number of ether oxygens (including phenoxy) is 3. The topological polar surface area (TPSA) is 147 Å². The van der Waals surface area contributed by atoms with Crippen molar-refractivity contribution in [2.75, 3.05) is 14.2 Å². The molecule has 0 aromatic heterocycles. The number of ketones is 2. The highest BCUT2D eigenvalue weighted by Crippen LogP contribution is 2.53. The summed E-state index contributed by atoms with van der Waals surface area (Å²) in [5, 5.41) is 13.0. The van der Waals surface area contributed by atoms with E-state index < -0.39 is 28.9 Å². The number of carbonyl (C=O) groups is 3. The smallest absolute Gasteiger partial charge is 0.367 e. The maximum Gasteiger partial charge on any atom is 0.367 e. The fourth-order valence-electron chi connectivity index (χ4n) is 3.57. The maximum atomic E-state index is 13.5. The second kappa shape index (κ2) is 8.10. The Morgan fingerprint density at radius 3 is 2.56 bits per heavy atom. The molecule has 0 radical (unpaired) electrons. The predicted molar refractivity (Wildman–Crippen MR) is 113 cm³/mol. The minimum Gasteiger partial charge on any atom is -0.496 e. The van der Waals surface area contributed by atoms with E-state index in [0.29, 0.717) is 0 Å². The van der Waals surface area contributed by atoms with Gasteiger partial charge < -0.3 is 29.9 Å². The SMILES string of the molecule is COC1=CC(=O)C[C@@H](C)[C@]12Oc1c(Cl)c(C(=O)O/N=C(\N)C(C)(C)O)cc(OC)c1C2=O. The van der Waals surface area contributed by atoms with Crippen molar-refractivity contribution in [2.24, 2.45) is 16.8 Å². The number of oxime groups is 1. The van der Waals surface area contributed by atoms with Gasteiger partial charge in [0.1, 0.15) is 16.9 Å². The number of hydrogen-bond acceptors (Lipinski definition) is 9. The van der Waals surface area contributed by atoms with Crippen LogP contribution in [0.4, 0.5) is 0 Å². The summed E-state index contributed by atoms with van der Waals surface area (Å²) < 4.78 is 16.7. The first-order chi connectivity index (χ1) is 14.9. The van der Waals surface area contributed by atoms with Crippen molar-refractivity contribution in [3.8, 4) is 11.5 Å². The Labute approximate surface area is 188 Å².